The topological polar surface area (TPSA) is 112 Å². The van der Waals surface area contributed by atoms with Gasteiger partial charge in [0.05, 0.1) is 36.8 Å². The second-order valence-corrected chi connectivity index (χ2v) is 9.63. The van der Waals surface area contributed by atoms with Crippen molar-refractivity contribution in [2.45, 2.75) is 13.8 Å². The Bertz CT molecular complexity index is 1360. The molecular weight excluding hydrogens is 567 g/mol. The van der Waals surface area contributed by atoms with Crippen LogP contribution < -0.4 is 20.8 Å². The number of halogens is 3. The van der Waals surface area contributed by atoms with E-state index in [1.54, 1.807) is 37.4 Å². The first-order valence-corrected chi connectivity index (χ1v) is 12.7. The molecule has 1 heterocycles. The molecule has 188 valence electrons. The molecule has 0 bridgehead atoms. The highest BCUT2D eigenvalue weighted by atomic mass is 35.5. The molecule has 0 saturated carbocycles. The molecule has 8 nitrogen and oxygen atoms in total. The number of hydrogen-bond acceptors (Lipinski definition) is 6. The van der Waals surface area contributed by atoms with E-state index in [2.05, 4.69) is 21.2 Å². The van der Waals surface area contributed by atoms with Crippen LogP contribution in [0.4, 0.5) is 10.5 Å². The number of thiocarbonyl (C=S) groups is 1. The number of carbonyl (C=O) groups excluding carboxylic acids is 1. The highest BCUT2D eigenvalue weighted by molar-refractivity contribution is 7.80. The highest BCUT2D eigenvalue weighted by Gasteiger charge is 2.21. The molecule has 1 aromatic heterocycles. The van der Waals surface area contributed by atoms with Gasteiger partial charge in [0, 0.05) is 17.6 Å². The van der Waals surface area contributed by atoms with Gasteiger partial charge < -0.3 is 20.5 Å². The van der Waals surface area contributed by atoms with Crippen LogP contribution in [0.3, 0.4) is 0 Å². The van der Waals surface area contributed by atoms with Gasteiger partial charge in [0.1, 0.15) is 0 Å². The normalized spacial score (nSPS) is 11.1. The maximum absolute atomic E-state index is 12.2. The standard InChI is InChI=1S/C23H19Cl3N4O4S2/c1-3-27-23(33)34-19-15(10-36-20(19)12-4-7-16(24)18(26)8-12)11(2)29-30-22(35)28-13-5-6-14(21(31)32)17(25)9-13/h4-10H,3H2,1-2H3,(H,27,33)(H,31,32)(H2,28,30,35)/b29-11+. The maximum atomic E-state index is 12.2. The van der Waals surface area contributed by atoms with E-state index >= 15 is 0 Å². The van der Waals surface area contributed by atoms with Crippen molar-refractivity contribution in [3.8, 4) is 16.2 Å². The molecule has 13 heteroatoms. The SMILES string of the molecule is CCNC(=O)Oc1c(/C(C)=N/NC(=S)Nc2ccc(C(=O)O)c(Cl)c2)csc1-c1ccc(Cl)c(Cl)c1. The number of hydrazone groups is 1. The number of amides is 1. The van der Waals surface area contributed by atoms with E-state index in [0.717, 1.165) is 5.56 Å². The van der Waals surface area contributed by atoms with E-state index in [-0.39, 0.29) is 15.7 Å². The highest BCUT2D eigenvalue weighted by Crippen LogP contribution is 2.41. The van der Waals surface area contributed by atoms with Gasteiger partial charge in [0.2, 0.25) is 0 Å². The van der Waals surface area contributed by atoms with E-state index in [1.165, 1.54) is 29.5 Å². The lowest BCUT2D eigenvalue weighted by molar-refractivity contribution is 0.0697. The first-order chi connectivity index (χ1) is 17.1. The zero-order chi connectivity index (χ0) is 26.4. The van der Waals surface area contributed by atoms with Crippen molar-refractivity contribution in [2.24, 2.45) is 5.10 Å². The summed E-state index contributed by atoms with van der Waals surface area (Å²) in [6.07, 6.45) is -0.613. The summed E-state index contributed by atoms with van der Waals surface area (Å²) in [6, 6.07) is 9.46. The van der Waals surface area contributed by atoms with Gasteiger partial charge in [0.15, 0.2) is 10.9 Å². The molecule has 2 aromatic carbocycles. The minimum absolute atomic E-state index is 0.0233. The van der Waals surface area contributed by atoms with Crippen LogP contribution in [0, 0.1) is 0 Å². The molecule has 0 atom stereocenters. The summed E-state index contributed by atoms with van der Waals surface area (Å²) in [5.41, 5.74) is 4.95. The molecule has 0 aliphatic rings. The van der Waals surface area contributed by atoms with Gasteiger partial charge in [-0.15, -0.1) is 11.3 Å². The number of rotatable bonds is 7. The largest absolute Gasteiger partial charge is 0.478 e. The summed E-state index contributed by atoms with van der Waals surface area (Å²) in [7, 11) is 0. The number of carbonyl (C=O) groups is 2. The third-order valence-electron chi connectivity index (χ3n) is 4.62. The van der Waals surface area contributed by atoms with Crippen molar-refractivity contribution >= 4 is 86.9 Å². The fourth-order valence-electron chi connectivity index (χ4n) is 2.93. The minimum Gasteiger partial charge on any atom is -0.478 e. The number of carboxylic acid groups (broad SMARTS) is 1. The van der Waals surface area contributed by atoms with Gasteiger partial charge >= 0.3 is 12.1 Å². The summed E-state index contributed by atoms with van der Waals surface area (Å²) in [5, 5.41) is 21.6. The van der Waals surface area contributed by atoms with Crippen molar-refractivity contribution in [3.63, 3.8) is 0 Å². The third-order valence-corrected chi connectivity index (χ3v) is 6.87. The predicted molar refractivity (Wildman–Crippen MR) is 149 cm³/mol. The van der Waals surface area contributed by atoms with E-state index < -0.39 is 12.1 Å². The molecule has 0 saturated heterocycles. The quantitative estimate of drug-likeness (QED) is 0.136. The Labute approximate surface area is 231 Å². The molecule has 36 heavy (non-hydrogen) atoms. The number of hydrogen-bond donors (Lipinski definition) is 4. The van der Waals surface area contributed by atoms with Crippen LogP contribution in [-0.4, -0.2) is 34.5 Å². The van der Waals surface area contributed by atoms with Crippen molar-refractivity contribution in [2.75, 3.05) is 11.9 Å². The van der Waals surface area contributed by atoms with E-state index in [1.807, 2.05) is 0 Å². The Morgan fingerprint density at radius 3 is 2.47 bits per heavy atom. The average Bonchev–Trinajstić information content (AvgIpc) is 3.22. The molecule has 1 amide bonds. The summed E-state index contributed by atoms with van der Waals surface area (Å²) in [4.78, 5) is 24.0. The molecule has 0 radical (unpaired) electrons. The van der Waals surface area contributed by atoms with Crippen LogP contribution in [-0.2, 0) is 0 Å². The lowest BCUT2D eigenvalue weighted by atomic mass is 10.1. The van der Waals surface area contributed by atoms with E-state index in [0.29, 0.717) is 44.2 Å². The molecule has 0 aliphatic heterocycles. The fraction of sp³-hybridized carbons (Fsp3) is 0.130. The number of nitrogens with one attached hydrogen (secondary N) is 3. The van der Waals surface area contributed by atoms with Gasteiger partial charge in [0.25, 0.3) is 0 Å². The first kappa shape index (κ1) is 27.7. The number of aromatic carboxylic acids is 1. The number of carboxylic acids is 1. The van der Waals surface area contributed by atoms with Gasteiger partial charge in [-0.2, -0.15) is 5.10 Å². The van der Waals surface area contributed by atoms with Gasteiger partial charge in [-0.25, -0.2) is 9.59 Å². The van der Waals surface area contributed by atoms with Crippen LogP contribution in [0.1, 0.15) is 29.8 Å². The molecule has 0 spiro atoms. The Morgan fingerprint density at radius 2 is 1.83 bits per heavy atom. The summed E-state index contributed by atoms with van der Waals surface area (Å²) in [6.45, 7) is 3.90. The molecular formula is C23H19Cl3N4O4S2. The van der Waals surface area contributed by atoms with E-state index in [9.17, 15) is 9.59 Å². The van der Waals surface area contributed by atoms with Crippen molar-refractivity contribution in [1.82, 2.24) is 10.7 Å². The number of anilines is 1. The first-order valence-electron chi connectivity index (χ1n) is 10.3. The van der Waals surface area contributed by atoms with Crippen molar-refractivity contribution in [3.05, 3.63) is 68.0 Å². The smallest absolute Gasteiger partial charge is 0.412 e. The molecule has 0 unspecified atom stereocenters. The monoisotopic (exact) mass is 584 g/mol. The Hall–Kier alpha value is -2.89. The molecule has 0 fully saturated rings. The van der Waals surface area contributed by atoms with Crippen LogP contribution >= 0.6 is 58.4 Å². The van der Waals surface area contributed by atoms with Crippen LogP contribution in [0.25, 0.3) is 10.4 Å². The molecule has 3 rings (SSSR count). The summed E-state index contributed by atoms with van der Waals surface area (Å²) >= 11 is 24.8. The molecule has 4 N–H and O–H groups in total. The summed E-state index contributed by atoms with van der Waals surface area (Å²) < 4.78 is 5.61. The predicted octanol–water partition coefficient (Wildman–Crippen LogP) is 6.89. The van der Waals surface area contributed by atoms with Gasteiger partial charge in [-0.3, -0.25) is 5.43 Å². The molecule has 0 aliphatic carbocycles. The average molecular weight is 586 g/mol. The summed E-state index contributed by atoms with van der Waals surface area (Å²) in [5.74, 6) is -0.823. The number of benzene rings is 2. The number of thiophene rings is 1. The fourth-order valence-corrected chi connectivity index (χ4v) is 4.69. The zero-order valence-corrected chi connectivity index (χ0v) is 22.7. The second kappa shape index (κ2) is 12.4. The van der Waals surface area contributed by atoms with E-state index in [4.69, 9.17) is 56.9 Å². The van der Waals surface area contributed by atoms with Crippen molar-refractivity contribution < 1.29 is 19.4 Å². The van der Waals surface area contributed by atoms with Crippen LogP contribution in [0.15, 0.2) is 46.9 Å². The third kappa shape index (κ3) is 6.86. The molecule has 3 aromatic rings. The lowest BCUT2D eigenvalue weighted by Gasteiger charge is -2.11. The Balaban J connectivity index is 1.84. The Morgan fingerprint density at radius 1 is 1.08 bits per heavy atom. The van der Waals surface area contributed by atoms with Gasteiger partial charge in [-0.05, 0) is 62.0 Å². The lowest BCUT2D eigenvalue weighted by Crippen LogP contribution is -2.27. The maximum Gasteiger partial charge on any atom is 0.412 e. The number of ether oxygens (including phenoxy) is 1. The van der Waals surface area contributed by atoms with Crippen LogP contribution in [0.5, 0.6) is 5.75 Å². The minimum atomic E-state index is -1.13. The second-order valence-electron chi connectivity index (χ2n) is 7.12. The zero-order valence-electron chi connectivity index (χ0n) is 18.8. The Kier molecular flexibility index (Phi) is 9.52. The van der Waals surface area contributed by atoms with Crippen molar-refractivity contribution in [1.29, 1.82) is 0 Å². The number of nitrogens with zero attached hydrogens (tertiary/aromatic N) is 1. The van der Waals surface area contributed by atoms with Crippen LogP contribution in [0.2, 0.25) is 15.1 Å². The van der Waals surface area contributed by atoms with Gasteiger partial charge in [-0.1, -0.05) is 40.9 Å².